The van der Waals surface area contributed by atoms with Crippen LogP contribution in [0.25, 0.3) is 0 Å². The molecule has 0 fully saturated rings. The predicted molar refractivity (Wildman–Crippen MR) is 24.8 cm³/mol. The Labute approximate surface area is 47.1 Å². The summed E-state index contributed by atoms with van der Waals surface area (Å²) in [5.41, 5.74) is 0. The fourth-order valence-corrected chi connectivity index (χ4v) is 0. The van der Waals surface area contributed by atoms with Gasteiger partial charge in [0.25, 0.3) is 17.4 Å². The summed E-state index contributed by atoms with van der Waals surface area (Å²) in [7, 11) is 0. The number of rotatable bonds is 0. The molecule has 50 valence electrons. The molecular formula is C2H4F2O3S. The standard InChI is InChI=1S/C2H2F2.H2O3S/c1-2(3)4;1-4(2)3/h1H2;(H2,1,2,3). The Morgan fingerprint density at radius 3 is 1.50 bits per heavy atom. The lowest BCUT2D eigenvalue weighted by Gasteiger charge is -1.59. The monoisotopic (exact) mass is 146 g/mol. The van der Waals surface area contributed by atoms with Crippen LogP contribution in [0.5, 0.6) is 0 Å². The number of hydrogen-bond donors (Lipinski definition) is 2. The normalized spacial score (nSPS) is 7.62. The van der Waals surface area contributed by atoms with Crippen LogP contribution < -0.4 is 0 Å². The first-order valence-electron chi connectivity index (χ1n) is 1.26. The maximum Gasteiger partial charge on any atom is 0.299 e. The van der Waals surface area contributed by atoms with Gasteiger partial charge < -0.3 is 0 Å². The van der Waals surface area contributed by atoms with Crippen LogP contribution >= 0.6 is 0 Å². The van der Waals surface area contributed by atoms with Crippen LogP contribution in [-0.4, -0.2) is 13.3 Å². The molecule has 0 amide bonds. The molecule has 6 heteroatoms. The van der Waals surface area contributed by atoms with Gasteiger partial charge in [-0.2, -0.15) is 13.0 Å². The molecule has 0 rings (SSSR count). The van der Waals surface area contributed by atoms with E-state index in [4.69, 9.17) is 13.3 Å². The van der Waals surface area contributed by atoms with Crippen molar-refractivity contribution in [1.29, 1.82) is 0 Å². The van der Waals surface area contributed by atoms with E-state index in [1.54, 1.807) is 0 Å². The van der Waals surface area contributed by atoms with Crippen molar-refractivity contribution in [3.63, 3.8) is 0 Å². The van der Waals surface area contributed by atoms with Crippen molar-refractivity contribution in [1.82, 2.24) is 0 Å². The highest BCUT2D eigenvalue weighted by molar-refractivity contribution is 7.73. The van der Waals surface area contributed by atoms with Crippen molar-refractivity contribution >= 4 is 11.4 Å². The van der Waals surface area contributed by atoms with E-state index in [-0.39, 0.29) is 0 Å². The molecule has 2 N–H and O–H groups in total. The molecule has 0 radical (unpaired) electrons. The van der Waals surface area contributed by atoms with E-state index in [0.29, 0.717) is 0 Å². The molecule has 0 heterocycles. The van der Waals surface area contributed by atoms with Gasteiger partial charge in [0, 0.05) is 0 Å². The molecule has 3 nitrogen and oxygen atoms in total. The lowest BCUT2D eigenvalue weighted by Crippen LogP contribution is -1.74. The second-order valence-corrected chi connectivity index (χ2v) is 1.03. The van der Waals surface area contributed by atoms with Crippen molar-refractivity contribution in [2.75, 3.05) is 0 Å². The Balaban J connectivity index is 0. The number of hydrogen-bond acceptors (Lipinski definition) is 1. The molecule has 0 saturated carbocycles. The molecule has 0 aliphatic rings. The average Bonchev–Trinajstić information content (AvgIpc) is 1.25. The average molecular weight is 146 g/mol. The van der Waals surface area contributed by atoms with E-state index in [1.807, 2.05) is 0 Å². The summed E-state index contributed by atoms with van der Waals surface area (Å²) in [4.78, 5) is 0. The van der Waals surface area contributed by atoms with Gasteiger partial charge in [-0.3, -0.25) is 9.11 Å². The summed E-state index contributed by atoms with van der Waals surface area (Å²) in [5.74, 6) is 0. The van der Waals surface area contributed by atoms with Gasteiger partial charge in [0.1, 0.15) is 0 Å². The quantitative estimate of drug-likeness (QED) is 0.502. The molecular weight excluding hydrogens is 142 g/mol. The first kappa shape index (κ1) is 10.6. The highest BCUT2D eigenvalue weighted by Gasteiger charge is 1.65. The summed E-state index contributed by atoms with van der Waals surface area (Å²) < 4.78 is 43.1. The summed E-state index contributed by atoms with van der Waals surface area (Å²) in [6, 6.07) is 0. The Morgan fingerprint density at radius 2 is 1.50 bits per heavy atom. The third-order valence-electron chi connectivity index (χ3n) is 0. The molecule has 0 atom stereocenters. The minimum atomic E-state index is -2.61. The Kier molecular flexibility index (Phi) is 8.85. The summed E-state index contributed by atoms with van der Waals surface area (Å²) >= 11 is -2.61. The Bertz CT molecular complexity index is 73.3. The van der Waals surface area contributed by atoms with Crippen molar-refractivity contribution in [3.8, 4) is 0 Å². The van der Waals surface area contributed by atoms with E-state index >= 15 is 0 Å². The van der Waals surface area contributed by atoms with E-state index in [9.17, 15) is 8.78 Å². The Hall–Kier alpha value is -0.330. The fourth-order valence-electron chi connectivity index (χ4n) is 0. The zero-order valence-corrected chi connectivity index (χ0v) is 4.49. The second kappa shape index (κ2) is 6.67. The van der Waals surface area contributed by atoms with Gasteiger partial charge in [-0.1, -0.05) is 0 Å². The van der Waals surface area contributed by atoms with Crippen LogP contribution in [0.4, 0.5) is 8.78 Å². The van der Waals surface area contributed by atoms with E-state index in [0.717, 1.165) is 0 Å². The lowest BCUT2D eigenvalue weighted by molar-refractivity contribution is 0.426. The molecule has 0 aliphatic heterocycles. The van der Waals surface area contributed by atoms with E-state index in [1.165, 1.54) is 0 Å². The molecule has 0 spiro atoms. The first-order chi connectivity index (χ1) is 3.46. The zero-order valence-electron chi connectivity index (χ0n) is 3.67. The van der Waals surface area contributed by atoms with Gasteiger partial charge in [0.05, 0.1) is 0 Å². The summed E-state index contributed by atoms with van der Waals surface area (Å²) in [5, 5.41) is 0. The zero-order chi connectivity index (χ0) is 7.15. The van der Waals surface area contributed by atoms with Gasteiger partial charge in [-0.25, -0.2) is 0 Å². The lowest BCUT2D eigenvalue weighted by atomic mass is 11.2. The third kappa shape index (κ3) is 1140. The topological polar surface area (TPSA) is 57.5 Å². The van der Waals surface area contributed by atoms with Gasteiger partial charge >= 0.3 is 0 Å². The minimum Gasteiger partial charge on any atom is -0.284 e. The van der Waals surface area contributed by atoms with Crippen LogP contribution in [0.1, 0.15) is 0 Å². The molecule has 0 aromatic carbocycles. The van der Waals surface area contributed by atoms with Crippen molar-refractivity contribution in [2.45, 2.75) is 0 Å². The van der Waals surface area contributed by atoms with Crippen LogP contribution in [0, 0.1) is 0 Å². The van der Waals surface area contributed by atoms with Crippen LogP contribution in [-0.2, 0) is 11.4 Å². The van der Waals surface area contributed by atoms with Gasteiger partial charge in [0.2, 0.25) is 0 Å². The van der Waals surface area contributed by atoms with Crippen LogP contribution in [0.2, 0.25) is 0 Å². The third-order valence-corrected chi connectivity index (χ3v) is 0. The molecule has 0 aliphatic carbocycles. The molecule has 0 bridgehead atoms. The predicted octanol–water partition coefficient (Wildman–Crippen LogP) is 1.08. The molecule has 0 aromatic rings. The van der Waals surface area contributed by atoms with Crippen molar-refractivity contribution in [3.05, 3.63) is 12.7 Å². The SMILES string of the molecule is C=C(F)F.O=S(O)O. The highest BCUT2D eigenvalue weighted by Crippen LogP contribution is 1.85. The van der Waals surface area contributed by atoms with Crippen molar-refractivity contribution in [2.24, 2.45) is 0 Å². The van der Waals surface area contributed by atoms with Crippen LogP contribution in [0.3, 0.4) is 0 Å². The molecule has 8 heavy (non-hydrogen) atoms. The first-order valence-corrected chi connectivity index (χ1v) is 2.33. The molecule has 0 aromatic heterocycles. The van der Waals surface area contributed by atoms with Gasteiger partial charge in [-0.15, -0.1) is 0 Å². The van der Waals surface area contributed by atoms with Crippen molar-refractivity contribution < 1.29 is 22.1 Å². The number of halogens is 2. The van der Waals surface area contributed by atoms with Gasteiger partial charge in [-0.05, 0) is 6.58 Å². The summed E-state index contributed by atoms with van der Waals surface area (Å²) in [6.45, 7) is 2.22. The maximum atomic E-state index is 10.1. The molecule has 0 unspecified atom stereocenters. The maximum absolute atomic E-state index is 10.1. The van der Waals surface area contributed by atoms with Crippen LogP contribution in [0.15, 0.2) is 12.7 Å². The van der Waals surface area contributed by atoms with E-state index < -0.39 is 17.4 Å². The largest absolute Gasteiger partial charge is 0.299 e. The minimum absolute atomic E-state index is 1.83. The van der Waals surface area contributed by atoms with E-state index in [2.05, 4.69) is 6.58 Å². The Morgan fingerprint density at radius 1 is 1.50 bits per heavy atom. The highest BCUT2D eigenvalue weighted by atomic mass is 32.2. The van der Waals surface area contributed by atoms with Gasteiger partial charge in [0.15, 0.2) is 0 Å². The smallest absolute Gasteiger partial charge is 0.284 e. The second-order valence-electron chi connectivity index (χ2n) is 0.569. The fraction of sp³-hybridized carbons (Fsp3) is 0. The molecule has 0 saturated heterocycles. The summed E-state index contributed by atoms with van der Waals surface area (Å²) in [6.07, 6.45) is -1.83.